The molecule has 1 aliphatic rings. The third kappa shape index (κ3) is 3.94. The van der Waals surface area contributed by atoms with Gasteiger partial charge in [0, 0.05) is 13.1 Å². The van der Waals surface area contributed by atoms with Crippen LogP contribution in [0.4, 0.5) is 0 Å². The highest BCUT2D eigenvalue weighted by molar-refractivity contribution is 5.88. The lowest BCUT2D eigenvalue weighted by Crippen LogP contribution is -2.43. The first-order valence-electron chi connectivity index (χ1n) is 6.79. The van der Waals surface area contributed by atoms with Crippen molar-refractivity contribution in [2.24, 2.45) is 11.8 Å². The van der Waals surface area contributed by atoms with Gasteiger partial charge in [-0.3, -0.25) is 14.4 Å². The monoisotopic (exact) mass is 270 g/mol. The van der Waals surface area contributed by atoms with E-state index in [2.05, 4.69) is 5.32 Å². The molecule has 6 nitrogen and oxygen atoms in total. The van der Waals surface area contributed by atoms with Crippen LogP contribution in [-0.4, -0.2) is 47.4 Å². The zero-order chi connectivity index (χ0) is 14.4. The normalized spacial score (nSPS) is 22.0. The number of carboxylic acid groups (broad SMARTS) is 1. The van der Waals surface area contributed by atoms with Crippen molar-refractivity contribution >= 4 is 17.8 Å². The molecule has 0 saturated heterocycles. The van der Waals surface area contributed by atoms with Crippen LogP contribution in [0.15, 0.2) is 0 Å². The average molecular weight is 270 g/mol. The van der Waals surface area contributed by atoms with Crippen molar-refractivity contribution in [1.29, 1.82) is 0 Å². The summed E-state index contributed by atoms with van der Waals surface area (Å²) in [5.41, 5.74) is 0. The van der Waals surface area contributed by atoms with E-state index in [0.29, 0.717) is 25.9 Å². The Bertz CT molecular complexity index is 353. The van der Waals surface area contributed by atoms with Crippen LogP contribution in [0.1, 0.15) is 33.1 Å². The van der Waals surface area contributed by atoms with Crippen molar-refractivity contribution in [1.82, 2.24) is 10.2 Å². The molecule has 2 atom stereocenters. The molecule has 0 radical (unpaired) electrons. The molecule has 0 aromatic carbocycles. The summed E-state index contributed by atoms with van der Waals surface area (Å²) in [5.74, 6) is -2.48. The van der Waals surface area contributed by atoms with Gasteiger partial charge in [0.1, 0.15) is 0 Å². The first-order chi connectivity index (χ1) is 9.01. The maximum absolute atomic E-state index is 11.9. The van der Waals surface area contributed by atoms with Gasteiger partial charge in [-0.15, -0.1) is 0 Å². The third-order valence-corrected chi connectivity index (χ3v) is 3.70. The number of carbonyl (C=O) groups excluding carboxylic acids is 2. The molecule has 2 amide bonds. The highest BCUT2D eigenvalue weighted by atomic mass is 16.4. The second-order valence-electron chi connectivity index (χ2n) is 4.77. The number of hydrogen-bond donors (Lipinski definition) is 2. The van der Waals surface area contributed by atoms with Gasteiger partial charge in [-0.05, 0) is 26.7 Å². The second kappa shape index (κ2) is 7.11. The van der Waals surface area contributed by atoms with Crippen molar-refractivity contribution in [2.75, 3.05) is 19.6 Å². The van der Waals surface area contributed by atoms with E-state index in [1.165, 1.54) is 0 Å². The molecule has 19 heavy (non-hydrogen) atoms. The summed E-state index contributed by atoms with van der Waals surface area (Å²) >= 11 is 0. The smallest absolute Gasteiger partial charge is 0.307 e. The van der Waals surface area contributed by atoms with E-state index >= 15 is 0 Å². The molecule has 6 heteroatoms. The van der Waals surface area contributed by atoms with Crippen LogP contribution >= 0.6 is 0 Å². The molecule has 0 bridgehead atoms. The van der Waals surface area contributed by atoms with Gasteiger partial charge < -0.3 is 15.3 Å². The average Bonchev–Trinajstić information content (AvgIpc) is 2.86. The van der Waals surface area contributed by atoms with E-state index < -0.39 is 17.8 Å². The van der Waals surface area contributed by atoms with Crippen molar-refractivity contribution in [2.45, 2.75) is 33.1 Å². The van der Waals surface area contributed by atoms with E-state index in [-0.39, 0.29) is 18.4 Å². The van der Waals surface area contributed by atoms with Gasteiger partial charge in [-0.1, -0.05) is 6.42 Å². The summed E-state index contributed by atoms with van der Waals surface area (Å²) in [4.78, 5) is 36.3. The van der Waals surface area contributed by atoms with E-state index in [1.807, 2.05) is 13.8 Å². The highest BCUT2D eigenvalue weighted by Crippen LogP contribution is 2.31. The number of amides is 2. The second-order valence-corrected chi connectivity index (χ2v) is 4.77. The predicted octanol–water partition coefficient (Wildman–Crippen LogP) is 0.472. The molecule has 1 fully saturated rings. The van der Waals surface area contributed by atoms with Crippen molar-refractivity contribution in [3.8, 4) is 0 Å². The zero-order valence-electron chi connectivity index (χ0n) is 11.5. The van der Waals surface area contributed by atoms with Crippen LogP contribution in [0, 0.1) is 11.8 Å². The lowest BCUT2D eigenvalue weighted by atomic mass is 9.95. The van der Waals surface area contributed by atoms with Crippen LogP contribution in [0.2, 0.25) is 0 Å². The van der Waals surface area contributed by atoms with Gasteiger partial charge >= 0.3 is 5.97 Å². The fourth-order valence-corrected chi connectivity index (χ4v) is 2.55. The molecule has 1 saturated carbocycles. The number of hydrogen-bond acceptors (Lipinski definition) is 3. The molecule has 0 unspecified atom stereocenters. The minimum Gasteiger partial charge on any atom is -0.481 e. The van der Waals surface area contributed by atoms with Crippen LogP contribution in [0.25, 0.3) is 0 Å². The number of likely N-dealkylation sites (N-methyl/N-ethyl adjacent to an activating group) is 1. The van der Waals surface area contributed by atoms with E-state index in [4.69, 9.17) is 5.11 Å². The number of nitrogens with zero attached hydrogens (tertiary/aromatic N) is 1. The van der Waals surface area contributed by atoms with Crippen molar-refractivity contribution in [3.63, 3.8) is 0 Å². The summed E-state index contributed by atoms with van der Waals surface area (Å²) in [7, 11) is 0. The summed E-state index contributed by atoms with van der Waals surface area (Å²) in [5, 5.41) is 11.6. The fraction of sp³-hybridized carbons (Fsp3) is 0.769. The Morgan fingerprint density at radius 3 is 2.26 bits per heavy atom. The number of carboxylic acids is 1. The summed E-state index contributed by atoms with van der Waals surface area (Å²) in [6, 6.07) is 0. The zero-order valence-corrected chi connectivity index (χ0v) is 11.5. The van der Waals surface area contributed by atoms with Gasteiger partial charge in [-0.25, -0.2) is 0 Å². The standard InChI is InChI=1S/C13H22N2O4/c1-3-15(4-2)11(16)8-14-12(17)9-6-5-7-10(9)13(18)19/h9-10H,3-8H2,1-2H3,(H,14,17)(H,18,19)/t9-,10+/m1/s1. The Kier molecular flexibility index (Phi) is 5.79. The number of carbonyl (C=O) groups is 3. The molecular weight excluding hydrogens is 248 g/mol. The molecule has 2 N–H and O–H groups in total. The maximum atomic E-state index is 11.9. The minimum atomic E-state index is -0.923. The van der Waals surface area contributed by atoms with Crippen molar-refractivity contribution < 1.29 is 19.5 Å². The van der Waals surface area contributed by atoms with Crippen LogP contribution in [-0.2, 0) is 14.4 Å². The maximum Gasteiger partial charge on any atom is 0.307 e. The highest BCUT2D eigenvalue weighted by Gasteiger charge is 2.37. The molecule has 0 aromatic heterocycles. The number of rotatable bonds is 6. The van der Waals surface area contributed by atoms with Gasteiger partial charge in [0.15, 0.2) is 0 Å². The quantitative estimate of drug-likeness (QED) is 0.734. The Hall–Kier alpha value is -1.59. The number of aliphatic carboxylic acids is 1. The van der Waals surface area contributed by atoms with Crippen LogP contribution in [0.5, 0.6) is 0 Å². The molecular formula is C13H22N2O4. The molecule has 0 aromatic rings. The number of nitrogens with one attached hydrogen (secondary N) is 1. The third-order valence-electron chi connectivity index (χ3n) is 3.70. The summed E-state index contributed by atoms with van der Waals surface area (Å²) < 4.78 is 0. The lowest BCUT2D eigenvalue weighted by molar-refractivity contribution is -0.146. The van der Waals surface area contributed by atoms with Gasteiger partial charge in [-0.2, -0.15) is 0 Å². The largest absolute Gasteiger partial charge is 0.481 e. The first-order valence-corrected chi connectivity index (χ1v) is 6.79. The summed E-state index contributed by atoms with van der Waals surface area (Å²) in [6.45, 7) is 4.91. The molecule has 108 valence electrons. The minimum absolute atomic E-state index is 0.0522. The Balaban J connectivity index is 2.47. The van der Waals surface area contributed by atoms with Crippen LogP contribution in [0.3, 0.4) is 0 Å². The Morgan fingerprint density at radius 2 is 1.74 bits per heavy atom. The lowest BCUT2D eigenvalue weighted by Gasteiger charge is -2.20. The van der Waals surface area contributed by atoms with Crippen molar-refractivity contribution in [3.05, 3.63) is 0 Å². The van der Waals surface area contributed by atoms with E-state index in [1.54, 1.807) is 4.90 Å². The molecule has 0 heterocycles. The van der Waals surface area contributed by atoms with E-state index in [0.717, 1.165) is 6.42 Å². The van der Waals surface area contributed by atoms with Gasteiger partial charge in [0.25, 0.3) is 0 Å². The van der Waals surface area contributed by atoms with Gasteiger partial charge in [0.2, 0.25) is 11.8 Å². The Morgan fingerprint density at radius 1 is 1.16 bits per heavy atom. The van der Waals surface area contributed by atoms with Gasteiger partial charge in [0.05, 0.1) is 18.4 Å². The molecule has 1 aliphatic carbocycles. The van der Waals surface area contributed by atoms with E-state index in [9.17, 15) is 14.4 Å². The topological polar surface area (TPSA) is 86.7 Å². The fourth-order valence-electron chi connectivity index (χ4n) is 2.55. The predicted molar refractivity (Wildman–Crippen MR) is 69.4 cm³/mol. The molecule has 0 spiro atoms. The SMILES string of the molecule is CCN(CC)C(=O)CNC(=O)[C@@H]1CCC[C@@H]1C(=O)O. The van der Waals surface area contributed by atoms with Crippen LogP contribution < -0.4 is 5.32 Å². The first kappa shape index (κ1) is 15.5. The molecule has 1 rings (SSSR count). The summed E-state index contributed by atoms with van der Waals surface area (Å²) in [6.07, 6.45) is 1.87. The Labute approximate surface area is 113 Å². The molecule has 0 aliphatic heterocycles.